The van der Waals surface area contributed by atoms with Crippen molar-refractivity contribution in [2.45, 2.75) is 5.37 Å². The summed E-state index contributed by atoms with van der Waals surface area (Å²) in [5, 5.41) is 0.444. The largest absolute Gasteiger partial charge is 0.212 e. The van der Waals surface area contributed by atoms with Crippen molar-refractivity contribution in [3.63, 3.8) is 0 Å². The molecule has 1 aromatic rings. The molecule has 1 aliphatic heterocycles. The number of hydrogen-bond donors (Lipinski definition) is 0. The van der Waals surface area contributed by atoms with E-state index in [9.17, 15) is 8.42 Å². The fourth-order valence-electron chi connectivity index (χ4n) is 1.71. The van der Waals surface area contributed by atoms with Gasteiger partial charge in [-0.2, -0.15) is 4.31 Å². The molecule has 0 radical (unpaired) electrons. The number of rotatable bonds is 2. The zero-order valence-corrected chi connectivity index (χ0v) is 11.1. The van der Waals surface area contributed by atoms with Crippen molar-refractivity contribution < 1.29 is 8.42 Å². The third-order valence-corrected chi connectivity index (χ3v) is 5.41. The van der Waals surface area contributed by atoms with Gasteiger partial charge in [0.15, 0.2) is 0 Å². The molecular formula is C10H12ClNO2S2. The van der Waals surface area contributed by atoms with Gasteiger partial charge in [-0.25, -0.2) is 8.42 Å². The lowest BCUT2D eigenvalue weighted by atomic mass is 10.2. The second-order valence-electron chi connectivity index (χ2n) is 3.62. The zero-order valence-electron chi connectivity index (χ0n) is 8.76. The van der Waals surface area contributed by atoms with Gasteiger partial charge in [-0.15, -0.1) is 11.8 Å². The van der Waals surface area contributed by atoms with Crippen LogP contribution in [-0.4, -0.2) is 31.3 Å². The third kappa shape index (κ3) is 2.37. The molecule has 0 N–H and O–H groups in total. The highest BCUT2D eigenvalue weighted by molar-refractivity contribution is 8.00. The maximum atomic E-state index is 11.6. The molecule has 1 aliphatic rings. The van der Waals surface area contributed by atoms with E-state index in [-0.39, 0.29) is 5.37 Å². The Bertz CT molecular complexity index is 489. The monoisotopic (exact) mass is 277 g/mol. The number of sulfonamides is 1. The van der Waals surface area contributed by atoms with Gasteiger partial charge >= 0.3 is 0 Å². The van der Waals surface area contributed by atoms with Crippen LogP contribution in [0.4, 0.5) is 0 Å². The molecule has 0 bridgehead atoms. The lowest BCUT2D eigenvalue weighted by Gasteiger charge is -2.22. The molecule has 1 heterocycles. The topological polar surface area (TPSA) is 37.4 Å². The average molecular weight is 278 g/mol. The summed E-state index contributed by atoms with van der Waals surface area (Å²) >= 11 is 7.69. The average Bonchev–Trinajstić information content (AvgIpc) is 2.66. The Labute approximate surface area is 105 Å². The van der Waals surface area contributed by atoms with Gasteiger partial charge in [-0.1, -0.05) is 29.8 Å². The maximum Gasteiger partial charge on any atom is 0.212 e. The minimum atomic E-state index is -3.16. The van der Waals surface area contributed by atoms with E-state index in [0.717, 1.165) is 11.3 Å². The molecule has 1 fully saturated rings. The first kappa shape index (κ1) is 12.2. The molecule has 16 heavy (non-hydrogen) atoms. The fraction of sp³-hybridized carbons (Fsp3) is 0.400. The molecule has 0 aliphatic carbocycles. The molecule has 2 rings (SSSR count). The van der Waals surface area contributed by atoms with Crippen LogP contribution in [0.15, 0.2) is 24.3 Å². The van der Waals surface area contributed by atoms with Crippen LogP contribution in [0.25, 0.3) is 0 Å². The standard InChI is InChI=1S/C10H12ClNO2S2/c1-16(13,14)12-6-7-15-10(12)8-4-2-3-5-9(8)11/h2-5,10H,6-7H2,1H3. The van der Waals surface area contributed by atoms with Crippen LogP contribution < -0.4 is 0 Å². The maximum absolute atomic E-state index is 11.6. The summed E-state index contributed by atoms with van der Waals surface area (Å²) in [7, 11) is -3.16. The molecule has 0 spiro atoms. The smallest absolute Gasteiger partial charge is 0.212 e. The summed E-state index contributed by atoms with van der Waals surface area (Å²) in [6, 6.07) is 7.39. The van der Waals surface area contributed by atoms with Crippen LogP contribution in [-0.2, 0) is 10.0 Å². The van der Waals surface area contributed by atoms with Crippen LogP contribution in [0, 0.1) is 0 Å². The highest BCUT2D eigenvalue weighted by atomic mass is 35.5. The Morgan fingerprint density at radius 1 is 1.44 bits per heavy atom. The first-order valence-corrected chi connectivity index (χ1v) is 8.10. The van der Waals surface area contributed by atoms with Crippen molar-refractivity contribution in [3.05, 3.63) is 34.9 Å². The lowest BCUT2D eigenvalue weighted by molar-refractivity contribution is 0.439. The van der Waals surface area contributed by atoms with Crippen LogP contribution in [0.1, 0.15) is 10.9 Å². The number of halogens is 1. The first-order valence-electron chi connectivity index (χ1n) is 4.83. The van der Waals surface area contributed by atoms with Gasteiger partial charge in [0.05, 0.1) is 11.6 Å². The molecule has 6 heteroatoms. The van der Waals surface area contributed by atoms with Crippen molar-refractivity contribution in [1.82, 2.24) is 4.31 Å². The van der Waals surface area contributed by atoms with Crippen LogP contribution in [0.5, 0.6) is 0 Å². The lowest BCUT2D eigenvalue weighted by Crippen LogP contribution is -2.29. The molecule has 0 amide bonds. The Hall–Kier alpha value is -0.230. The highest BCUT2D eigenvalue weighted by Crippen LogP contribution is 2.41. The summed E-state index contributed by atoms with van der Waals surface area (Å²) < 4.78 is 24.7. The molecule has 0 aromatic heterocycles. The van der Waals surface area contributed by atoms with Gasteiger partial charge in [-0.05, 0) is 11.6 Å². The Kier molecular flexibility index (Phi) is 3.49. The van der Waals surface area contributed by atoms with Crippen molar-refractivity contribution in [1.29, 1.82) is 0 Å². The van der Waals surface area contributed by atoms with E-state index in [1.807, 2.05) is 18.2 Å². The normalized spacial score (nSPS) is 22.5. The molecular weight excluding hydrogens is 266 g/mol. The zero-order chi connectivity index (χ0) is 11.8. The number of hydrogen-bond acceptors (Lipinski definition) is 3. The molecule has 1 unspecified atom stereocenters. The summed E-state index contributed by atoms with van der Waals surface area (Å²) in [5.41, 5.74) is 0.872. The predicted molar refractivity (Wildman–Crippen MR) is 68.2 cm³/mol. The molecule has 1 saturated heterocycles. The summed E-state index contributed by atoms with van der Waals surface area (Å²) in [6.45, 7) is 0.555. The van der Waals surface area contributed by atoms with Crippen LogP contribution in [0.2, 0.25) is 5.02 Å². The van der Waals surface area contributed by atoms with Gasteiger partial charge in [0.2, 0.25) is 10.0 Å². The van der Waals surface area contributed by atoms with Gasteiger partial charge in [0, 0.05) is 17.3 Å². The van der Waals surface area contributed by atoms with E-state index >= 15 is 0 Å². The van der Waals surface area contributed by atoms with E-state index in [1.54, 1.807) is 17.8 Å². The van der Waals surface area contributed by atoms with Crippen molar-refractivity contribution in [3.8, 4) is 0 Å². The molecule has 1 atom stereocenters. The summed E-state index contributed by atoms with van der Waals surface area (Å²) in [5.74, 6) is 0.808. The Balaban J connectivity index is 2.38. The number of thioether (sulfide) groups is 1. The highest BCUT2D eigenvalue weighted by Gasteiger charge is 2.34. The van der Waals surface area contributed by atoms with Gasteiger partial charge in [-0.3, -0.25) is 0 Å². The Morgan fingerprint density at radius 2 is 2.12 bits per heavy atom. The van der Waals surface area contributed by atoms with Gasteiger partial charge in [0.1, 0.15) is 0 Å². The first-order chi connectivity index (χ1) is 7.50. The molecule has 88 valence electrons. The second-order valence-corrected chi connectivity index (χ2v) is 7.15. The minimum absolute atomic E-state index is 0.177. The number of nitrogens with zero attached hydrogens (tertiary/aromatic N) is 1. The van der Waals surface area contributed by atoms with Gasteiger partial charge < -0.3 is 0 Å². The Morgan fingerprint density at radius 3 is 2.75 bits per heavy atom. The van der Waals surface area contributed by atoms with E-state index < -0.39 is 10.0 Å². The SMILES string of the molecule is CS(=O)(=O)N1CCSC1c1ccccc1Cl. The molecule has 3 nitrogen and oxygen atoms in total. The summed E-state index contributed by atoms with van der Waals surface area (Å²) in [4.78, 5) is 0. The molecule has 1 aromatic carbocycles. The predicted octanol–water partition coefficient (Wildman–Crippen LogP) is 2.35. The second kappa shape index (κ2) is 4.56. The van der Waals surface area contributed by atoms with E-state index in [2.05, 4.69) is 0 Å². The molecule has 0 saturated carbocycles. The van der Waals surface area contributed by atoms with Crippen molar-refractivity contribution in [2.75, 3.05) is 18.6 Å². The van der Waals surface area contributed by atoms with Crippen molar-refractivity contribution in [2.24, 2.45) is 0 Å². The number of benzene rings is 1. The minimum Gasteiger partial charge on any atom is -0.212 e. The van der Waals surface area contributed by atoms with Crippen LogP contribution >= 0.6 is 23.4 Å². The van der Waals surface area contributed by atoms with E-state index in [4.69, 9.17) is 11.6 Å². The fourth-order valence-corrected chi connectivity index (χ4v) is 4.85. The summed E-state index contributed by atoms with van der Waals surface area (Å²) in [6.07, 6.45) is 1.24. The van der Waals surface area contributed by atoms with Crippen molar-refractivity contribution >= 4 is 33.4 Å². The third-order valence-electron chi connectivity index (χ3n) is 2.45. The quantitative estimate of drug-likeness (QED) is 0.833. The van der Waals surface area contributed by atoms with E-state index in [1.165, 1.54) is 10.6 Å². The van der Waals surface area contributed by atoms with Gasteiger partial charge in [0.25, 0.3) is 0 Å². The van der Waals surface area contributed by atoms with Crippen LogP contribution in [0.3, 0.4) is 0 Å². The van der Waals surface area contributed by atoms with E-state index in [0.29, 0.717) is 11.6 Å².